The van der Waals surface area contributed by atoms with E-state index in [4.69, 9.17) is 4.74 Å². The molecule has 0 saturated heterocycles. The minimum atomic E-state index is -0.370. The van der Waals surface area contributed by atoms with Gasteiger partial charge in [-0.1, -0.05) is 42.5 Å². The molecule has 0 atom stereocenters. The summed E-state index contributed by atoms with van der Waals surface area (Å²) in [6, 6.07) is 21.5. The number of amides is 1. The Hall–Kier alpha value is -3.58. The van der Waals surface area contributed by atoms with Crippen LogP contribution in [0.25, 0.3) is 22.0 Å². The molecule has 7 heteroatoms. The summed E-state index contributed by atoms with van der Waals surface area (Å²) in [4.78, 5) is 13.6. The second-order valence-corrected chi connectivity index (χ2v) is 7.38. The summed E-state index contributed by atoms with van der Waals surface area (Å²) in [6.07, 6.45) is 3.63. The molecule has 0 aliphatic heterocycles. The number of hydrogen-bond donors (Lipinski definition) is 2. The predicted octanol–water partition coefficient (Wildman–Crippen LogP) is 4.72. The average molecular weight is 417 g/mol. The van der Waals surface area contributed by atoms with Gasteiger partial charge in [-0.3, -0.25) is 9.89 Å². The lowest BCUT2D eigenvalue weighted by Crippen LogP contribution is -2.17. The lowest BCUT2D eigenvalue weighted by Gasteiger charge is -2.09. The first-order chi connectivity index (χ1) is 14.7. The van der Waals surface area contributed by atoms with E-state index in [1.165, 1.54) is 4.90 Å². The van der Waals surface area contributed by atoms with Gasteiger partial charge in [-0.25, -0.2) is 5.43 Å². The van der Waals surface area contributed by atoms with Crippen molar-refractivity contribution in [1.29, 1.82) is 0 Å². The highest BCUT2D eigenvalue weighted by Gasteiger charge is 2.16. The number of H-pyrrole nitrogens is 1. The van der Waals surface area contributed by atoms with Crippen molar-refractivity contribution >= 4 is 34.7 Å². The lowest BCUT2D eigenvalue weighted by molar-refractivity contribution is 0.0950. The number of ether oxygens (including phenoxy) is 1. The number of aromatic nitrogens is 2. The third-order valence-electron chi connectivity index (χ3n) is 4.68. The van der Waals surface area contributed by atoms with E-state index in [0.29, 0.717) is 17.1 Å². The van der Waals surface area contributed by atoms with Crippen molar-refractivity contribution in [3.63, 3.8) is 0 Å². The molecular formula is C23H20N4O2S. The van der Waals surface area contributed by atoms with Gasteiger partial charge in [0.2, 0.25) is 0 Å². The SMILES string of the molecule is COc1ccc2ccccc2c1-c1cc(C(=O)NN=Cc2ccc(SC)cc2)[nH]n1. The molecule has 3 aromatic carbocycles. The Kier molecular flexibility index (Phi) is 5.81. The van der Waals surface area contributed by atoms with E-state index in [2.05, 4.69) is 20.7 Å². The molecule has 0 saturated carbocycles. The van der Waals surface area contributed by atoms with Crippen molar-refractivity contribution in [2.75, 3.05) is 13.4 Å². The smallest absolute Gasteiger partial charge is 0.289 e. The molecule has 4 aromatic rings. The van der Waals surface area contributed by atoms with Gasteiger partial charge in [-0.2, -0.15) is 10.2 Å². The Balaban J connectivity index is 1.55. The molecule has 0 radical (unpaired) electrons. The van der Waals surface area contributed by atoms with E-state index < -0.39 is 0 Å². The molecule has 0 spiro atoms. The van der Waals surface area contributed by atoms with Crippen molar-refractivity contribution in [1.82, 2.24) is 15.6 Å². The molecular weight excluding hydrogens is 396 g/mol. The number of hydrogen-bond acceptors (Lipinski definition) is 5. The van der Waals surface area contributed by atoms with E-state index >= 15 is 0 Å². The van der Waals surface area contributed by atoms with Crippen LogP contribution in [0.5, 0.6) is 5.75 Å². The van der Waals surface area contributed by atoms with Crippen LogP contribution in [-0.4, -0.2) is 35.7 Å². The summed E-state index contributed by atoms with van der Waals surface area (Å²) in [5.41, 5.74) is 5.21. The van der Waals surface area contributed by atoms with Gasteiger partial charge < -0.3 is 4.74 Å². The van der Waals surface area contributed by atoms with Crippen LogP contribution in [0.15, 0.2) is 76.7 Å². The summed E-state index contributed by atoms with van der Waals surface area (Å²) >= 11 is 1.67. The van der Waals surface area contributed by atoms with Gasteiger partial charge in [0.15, 0.2) is 0 Å². The van der Waals surface area contributed by atoms with Crippen LogP contribution >= 0.6 is 11.8 Å². The molecule has 1 heterocycles. The number of carbonyl (C=O) groups excluding carboxylic acids is 1. The van der Waals surface area contributed by atoms with Crippen LogP contribution in [0, 0.1) is 0 Å². The highest BCUT2D eigenvalue weighted by Crippen LogP contribution is 2.36. The fourth-order valence-corrected chi connectivity index (χ4v) is 3.58. The standard InChI is InChI=1S/C23H20N4O2S/c1-29-21-12-9-16-5-3-4-6-18(16)22(21)19-13-20(26-25-19)23(28)27-24-14-15-7-10-17(30-2)11-8-15/h3-14H,1-2H3,(H,25,26)(H,27,28). The number of carbonyl (C=O) groups is 1. The first kappa shape index (κ1) is 19.7. The zero-order valence-corrected chi connectivity index (χ0v) is 17.4. The van der Waals surface area contributed by atoms with Crippen molar-refractivity contribution in [2.24, 2.45) is 5.10 Å². The molecule has 0 unspecified atom stereocenters. The maximum Gasteiger partial charge on any atom is 0.289 e. The van der Waals surface area contributed by atoms with Crippen molar-refractivity contribution < 1.29 is 9.53 Å². The highest BCUT2D eigenvalue weighted by atomic mass is 32.2. The van der Waals surface area contributed by atoms with E-state index in [1.807, 2.05) is 66.9 Å². The topological polar surface area (TPSA) is 79.4 Å². The van der Waals surface area contributed by atoms with Gasteiger partial charge >= 0.3 is 0 Å². The van der Waals surface area contributed by atoms with Crippen molar-refractivity contribution in [2.45, 2.75) is 4.90 Å². The van der Waals surface area contributed by atoms with Crippen molar-refractivity contribution in [3.05, 3.63) is 78.0 Å². The van der Waals surface area contributed by atoms with E-state index in [-0.39, 0.29) is 5.91 Å². The molecule has 30 heavy (non-hydrogen) atoms. The lowest BCUT2D eigenvalue weighted by atomic mass is 10.0. The Bertz CT molecular complexity index is 1220. The molecule has 0 aliphatic carbocycles. The zero-order chi connectivity index (χ0) is 20.9. The maximum absolute atomic E-state index is 12.5. The second-order valence-electron chi connectivity index (χ2n) is 6.50. The molecule has 0 fully saturated rings. The molecule has 0 aliphatic rings. The van der Waals surface area contributed by atoms with Crippen LogP contribution in [-0.2, 0) is 0 Å². The number of thioether (sulfide) groups is 1. The number of fused-ring (bicyclic) bond motifs is 1. The Morgan fingerprint density at radius 1 is 1.13 bits per heavy atom. The number of methoxy groups -OCH3 is 1. The molecule has 6 nitrogen and oxygen atoms in total. The second kappa shape index (κ2) is 8.84. The minimum Gasteiger partial charge on any atom is -0.496 e. The zero-order valence-electron chi connectivity index (χ0n) is 16.5. The fourth-order valence-electron chi connectivity index (χ4n) is 3.17. The molecule has 2 N–H and O–H groups in total. The summed E-state index contributed by atoms with van der Waals surface area (Å²) in [5, 5.41) is 13.2. The molecule has 150 valence electrons. The Labute approximate surface area is 178 Å². The van der Waals surface area contributed by atoms with E-state index in [1.54, 1.807) is 31.2 Å². The minimum absolute atomic E-state index is 0.315. The Morgan fingerprint density at radius 2 is 1.93 bits per heavy atom. The third kappa shape index (κ3) is 4.06. The summed E-state index contributed by atoms with van der Waals surface area (Å²) in [7, 11) is 1.62. The number of nitrogens with zero attached hydrogens (tertiary/aromatic N) is 2. The normalized spacial score (nSPS) is 11.1. The van der Waals surface area contributed by atoms with Gasteiger partial charge in [-0.05, 0) is 46.9 Å². The summed E-state index contributed by atoms with van der Waals surface area (Å²) < 4.78 is 5.53. The number of aromatic amines is 1. The van der Waals surface area contributed by atoms with Crippen molar-refractivity contribution in [3.8, 4) is 17.0 Å². The van der Waals surface area contributed by atoms with Gasteiger partial charge in [0, 0.05) is 4.90 Å². The van der Waals surface area contributed by atoms with Gasteiger partial charge in [0.25, 0.3) is 5.91 Å². The molecule has 4 rings (SSSR count). The predicted molar refractivity (Wildman–Crippen MR) is 121 cm³/mol. The van der Waals surface area contributed by atoms with Crippen LogP contribution < -0.4 is 10.2 Å². The van der Waals surface area contributed by atoms with Gasteiger partial charge in [0.05, 0.1) is 24.6 Å². The first-order valence-corrected chi connectivity index (χ1v) is 10.5. The van der Waals surface area contributed by atoms with Crippen LogP contribution in [0.3, 0.4) is 0 Å². The number of benzene rings is 3. The van der Waals surface area contributed by atoms with Crippen LogP contribution in [0.1, 0.15) is 16.1 Å². The number of rotatable bonds is 6. The quantitative estimate of drug-likeness (QED) is 0.271. The van der Waals surface area contributed by atoms with Crippen LogP contribution in [0.4, 0.5) is 0 Å². The molecule has 1 amide bonds. The van der Waals surface area contributed by atoms with E-state index in [9.17, 15) is 4.79 Å². The summed E-state index contributed by atoms with van der Waals surface area (Å²) in [5.74, 6) is 0.323. The Morgan fingerprint density at radius 3 is 2.70 bits per heavy atom. The number of hydrazone groups is 1. The largest absolute Gasteiger partial charge is 0.496 e. The number of nitrogens with one attached hydrogen (secondary N) is 2. The molecule has 1 aromatic heterocycles. The monoisotopic (exact) mass is 416 g/mol. The first-order valence-electron chi connectivity index (χ1n) is 9.28. The molecule has 0 bridgehead atoms. The van der Waals surface area contributed by atoms with E-state index in [0.717, 1.165) is 21.9 Å². The maximum atomic E-state index is 12.5. The van der Waals surface area contributed by atoms with Gasteiger partial charge in [0.1, 0.15) is 11.4 Å². The highest BCUT2D eigenvalue weighted by molar-refractivity contribution is 7.98. The summed E-state index contributed by atoms with van der Waals surface area (Å²) in [6.45, 7) is 0. The van der Waals surface area contributed by atoms with Crippen LogP contribution in [0.2, 0.25) is 0 Å². The van der Waals surface area contributed by atoms with Gasteiger partial charge in [-0.15, -0.1) is 11.8 Å². The third-order valence-corrected chi connectivity index (χ3v) is 5.43. The average Bonchev–Trinajstić information content (AvgIpc) is 3.28. The fraction of sp³-hybridized carbons (Fsp3) is 0.0870.